The summed E-state index contributed by atoms with van der Waals surface area (Å²) in [6, 6.07) is 5.33. The Balaban J connectivity index is 1.39. The van der Waals surface area contributed by atoms with E-state index in [2.05, 4.69) is 36.5 Å². The standard InChI is InChI=1S/C19H23N9/c1-12-7-17(25-24-12)23-18-11-22-19-21-10-16(28(19)26-18)13-8-14-3-4-15(9-13)27(14)6-2-5-20/h7,10-11,13-15H,2-4,6,8-9H2,1H3,(H2,23,24,25,26)/t13?,14-,15+. The molecule has 2 bridgehead atoms. The molecule has 0 amide bonds. The highest BCUT2D eigenvalue weighted by molar-refractivity contribution is 5.51. The molecular formula is C19H23N9. The molecule has 2 aliphatic rings. The van der Waals surface area contributed by atoms with E-state index in [0.717, 1.165) is 36.6 Å². The van der Waals surface area contributed by atoms with Gasteiger partial charge in [0.25, 0.3) is 5.78 Å². The molecule has 2 fully saturated rings. The minimum atomic E-state index is 0.419. The van der Waals surface area contributed by atoms with Gasteiger partial charge in [0.15, 0.2) is 11.6 Å². The lowest BCUT2D eigenvalue weighted by molar-refractivity contribution is 0.128. The second kappa shape index (κ2) is 6.87. The maximum atomic E-state index is 8.93. The van der Waals surface area contributed by atoms with Crippen molar-refractivity contribution in [3.8, 4) is 6.07 Å². The predicted octanol–water partition coefficient (Wildman–Crippen LogP) is 2.52. The average Bonchev–Trinajstić information content (AvgIpc) is 3.36. The highest BCUT2D eigenvalue weighted by atomic mass is 15.3. The number of aryl methyl sites for hydroxylation is 1. The lowest BCUT2D eigenvalue weighted by Crippen LogP contribution is -2.42. The summed E-state index contributed by atoms with van der Waals surface area (Å²) < 4.78 is 1.87. The van der Waals surface area contributed by atoms with Crippen LogP contribution in [0.15, 0.2) is 18.5 Å². The SMILES string of the molecule is Cc1cc(Nc2cnc3ncc(C4C[C@H]5CC[C@@H](C4)N5CCC#N)n3n2)n[nH]1. The summed E-state index contributed by atoms with van der Waals surface area (Å²) in [4.78, 5) is 11.5. The second-order valence-electron chi connectivity index (χ2n) is 7.80. The molecule has 0 aromatic carbocycles. The summed E-state index contributed by atoms with van der Waals surface area (Å²) in [6.45, 7) is 2.85. The van der Waals surface area contributed by atoms with Gasteiger partial charge in [0.1, 0.15) is 0 Å². The molecule has 0 aliphatic carbocycles. The molecule has 0 saturated carbocycles. The van der Waals surface area contributed by atoms with Crippen LogP contribution in [0.3, 0.4) is 0 Å². The third kappa shape index (κ3) is 2.99. The van der Waals surface area contributed by atoms with E-state index in [1.165, 1.54) is 12.8 Å². The van der Waals surface area contributed by atoms with Crippen LogP contribution in [0.1, 0.15) is 49.4 Å². The monoisotopic (exact) mass is 377 g/mol. The smallest absolute Gasteiger partial charge is 0.251 e. The second-order valence-corrected chi connectivity index (χ2v) is 7.80. The maximum Gasteiger partial charge on any atom is 0.251 e. The fraction of sp³-hybridized carbons (Fsp3) is 0.526. The van der Waals surface area contributed by atoms with E-state index in [0.29, 0.717) is 36.0 Å². The molecule has 2 aliphatic heterocycles. The van der Waals surface area contributed by atoms with E-state index in [-0.39, 0.29) is 0 Å². The third-order valence-electron chi connectivity index (χ3n) is 6.00. The van der Waals surface area contributed by atoms with Crippen molar-refractivity contribution in [2.24, 2.45) is 0 Å². The highest BCUT2D eigenvalue weighted by Gasteiger charge is 2.41. The van der Waals surface area contributed by atoms with E-state index < -0.39 is 0 Å². The van der Waals surface area contributed by atoms with E-state index >= 15 is 0 Å². The fourth-order valence-corrected chi connectivity index (χ4v) is 4.80. The van der Waals surface area contributed by atoms with Crippen LogP contribution < -0.4 is 5.32 Å². The molecule has 144 valence electrons. The molecule has 5 heterocycles. The van der Waals surface area contributed by atoms with Crippen LogP contribution in [-0.4, -0.2) is 53.3 Å². The van der Waals surface area contributed by atoms with Gasteiger partial charge >= 0.3 is 0 Å². The largest absolute Gasteiger partial charge is 0.321 e. The normalized spacial score (nSPS) is 24.5. The predicted molar refractivity (Wildman–Crippen MR) is 103 cm³/mol. The molecule has 28 heavy (non-hydrogen) atoms. The maximum absolute atomic E-state index is 8.93. The molecule has 2 N–H and O–H groups in total. The van der Waals surface area contributed by atoms with E-state index in [1.807, 2.05) is 23.7 Å². The van der Waals surface area contributed by atoms with Crippen molar-refractivity contribution < 1.29 is 0 Å². The van der Waals surface area contributed by atoms with Crippen molar-refractivity contribution in [2.75, 3.05) is 11.9 Å². The van der Waals surface area contributed by atoms with Gasteiger partial charge in [-0.3, -0.25) is 10.00 Å². The van der Waals surface area contributed by atoms with Gasteiger partial charge < -0.3 is 5.32 Å². The Kier molecular flexibility index (Phi) is 4.20. The van der Waals surface area contributed by atoms with Crippen LogP contribution in [0.25, 0.3) is 5.78 Å². The molecule has 3 aromatic rings. The van der Waals surface area contributed by atoms with Crippen LogP contribution in [0, 0.1) is 18.3 Å². The van der Waals surface area contributed by atoms with Gasteiger partial charge in [0, 0.05) is 42.7 Å². The Morgan fingerprint density at radius 3 is 2.71 bits per heavy atom. The third-order valence-corrected chi connectivity index (χ3v) is 6.00. The van der Waals surface area contributed by atoms with Crippen LogP contribution in [-0.2, 0) is 0 Å². The summed E-state index contributed by atoms with van der Waals surface area (Å²) in [5, 5.41) is 24.0. The summed E-state index contributed by atoms with van der Waals surface area (Å²) >= 11 is 0. The number of nitrogens with zero attached hydrogens (tertiary/aromatic N) is 7. The van der Waals surface area contributed by atoms with E-state index in [1.54, 1.807) is 6.20 Å². The number of nitriles is 1. The number of rotatable bonds is 5. The first-order valence-corrected chi connectivity index (χ1v) is 9.83. The number of fused-ring (bicyclic) bond motifs is 3. The van der Waals surface area contributed by atoms with Crippen LogP contribution in [0.2, 0.25) is 0 Å². The van der Waals surface area contributed by atoms with Crippen molar-refractivity contribution in [1.29, 1.82) is 5.26 Å². The Hall–Kier alpha value is -2.99. The average molecular weight is 377 g/mol. The fourth-order valence-electron chi connectivity index (χ4n) is 4.80. The zero-order valence-electron chi connectivity index (χ0n) is 15.8. The molecule has 5 rings (SSSR count). The Morgan fingerprint density at radius 2 is 2.00 bits per heavy atom. The molecule has 0 spiro atoms. The first-order valence-electron chi connectivity index (χ1n) is 9.83. The molecule has 9 heteroatoms. The molecule has 2 saturated heterocycles. The summed E-state index contributed by atoms with van der Waals surface area (Å²) in [6.07, 6.45) is 8.85. The number of hydrogen-bond donors (Lipinski definition) is 2. The lowest BCUT2D eigenvalue weighted by Gasteiger charge is -2.38. The Bertz CT molecular complexity index is 1020. The first kappa shape index (κ1) is 17.1. The number of H-pyrrole nitrogens is 1. The van der Waals surface area contributed by atoms with Crippen molar-refractivity contribution in [3.05, 3.63) is 29.8 Å². The highest BCUT2D eigenvalue weighted by Crippen LogP contribution is 2.42. The van der Waals surface area contributed by atoms with Gasteiger partial charge in [-0.1, -0.05) is 0 Å². The van der Waals surface area contributed by atoms with Crippen molar-refractivity contribution in [2.45, 2.75) is 57.0 Å². The quantitative estimate of drug-likeness (QED) is 0.703. The van der Waals surface area contributed by atoms with Gasteiger partial charge in [0.05, 0.1) is 24.2 Å². The zero-order chi connectivity index (χ0) is 19.1. The summed E-state index contributed by atoms with van der Waals surface area (Å²) in [5.41, 5.74) is 2.11. The molecule has 9 nitrogen and oxygen atoms in total. The lowest BCUT2D eigenvalue weighted by atomic mass is 9.88. The van der Waals surface area contributed by atoms with Crippen molar-refractivity contribution in [3.63, 3.8) is 0 Å². The van der Waals surface area contributed by atoms with Crippen molar-refractivity contribution >= 4 is 17.4 Å². The number of aromatic amines is 1. The molecule has 3 aromatic heterocycles. The number of anilines is 2. The minimum absolute atomic E-state index is 0.419. The van der Waals surface area contributed by atoms with Crippen LogP contribution >= 0.6 is 0 Å². The Labute approximate surface area is 162 Å². The van der Waals surface area contributed by atoms with Crippen LogP contribution in [0.5, 0.6) is 0 Å². The van der Waals surface area contributed by atoms with Crippen molar-refractivity contribution in [1.82, 2.24) is 34.7 Å². The van der Waals surface area contributed by atoms with E-state index in [4.69, 9.17) is 10.4 Å². The summed E-state index contributed by atoms with van der Waals surface area (Å²) in [7, 11) is 0. The van der Waals surface area contributed by atoms with Gasteiger partial charge in [0.2, 0.25) is 0 Å². The van der Waals surface area contributed by atoms with Crippen LogP contribution in [0.4, 0.5) is 11.6 Å². The number of piperidine rings is 1. The molecular weight excluding hydrogens is 354 g/mol. The molecule has 0 radical (unpaired) electrons. The first-order chi connectivity index (χ1) is 13.7. The number of hydrogen-bond acceptors (Lipinski definition) is 7. The zero-order valence-corrected chi connectivity index (χ0v) is 15.8. The topological polar surface area (TPSA) is 111 Å². The number of nitrogens with one attached hydrogen (secondary N) is 2. The van der Waals surface area contributed by atoms with Gasteiger partial charge in [-0.15, -0.1) is 5.10 Å². The van der Waals surface area contributed by atoms with E-state index in [9.17, 15) is 0 Å². The molecule has 3 atom stereocenters. The Morgan fingerprint density at radius 1 is 1.21 bits per heavy atom. The van der Waals surface area contributed by atoms with Gasteiger partial charge in [-0.25, -0.2) is 9.97 Å². The summed E-state index contributed by atoms with van der Waals surface area (Å²) in [5.74, 6) is 2.41. The number of imidazole rings is 1. The van der Waals surface area contributed by atoms with Gasteiger partial charge in [-0.2, -0.15) is 14.9 Å². The molecule has 1 unspecified atom stereocenters. The number of aromatic nitrogens is 6. The minimum Gasteiger partial charge on any atom is -0.321 e. The van der Waals surface area contributed by atoms with Gasteiger partial charge in [-0.05, 0) is 32.6 Å².